The average Bonchev–Trinajstić information content (AvgIpc) is 3.39. The number of aromatic nitrogens is 3. The first-order chi connectivity index (χ1) is 14.2. The normalized spacial score (nSPS) is 21.3. The van der Waals surface area contributed by atoms with Gasteiger partial charge in [-0.05, 0) is 50.3 Å². The predicted molar refractivity (Wildman–Crippen MR) is 109 cm³/mol. The highest BCUT2D eigenvalue weighted by atomic mass is 32.2. The van der Waals surface area contributed by atoms with Gasteiger partial charge < -0.3 is 18.9 Å². The Labute approximate surface area is 174 Å². The van der Waals surface area contributed by atoms with Crippen molar-refractivity contribution in [3.63, 3.8) is 0 Å². The number of hydrogen-bond acceptors (Lipinski definition) is 6. The number of carbonyl (C=O) groups is 1. The molecule has 5 rings (SSSR count). The van der Waals surface area contributed by atoms with E-state index in [-0.39, 0.29) is 11.9 Å². The number of benzene rings is 1. The van der Waals surface area contributed by atoms with Gasteiger partial charge in [0.2, 0.25) is 5.91 Å². The second-order valence-electron chi connectivity index (χ2n) is 7.92. The number of likely N-dealkylation sites (tertiary alicyclic amines) is 1. The van der Waals surface area contributed by atoms with Crippen LogP contribution in [0.1, 0.15) is 55.6 Å². The van der Waals surface area contributed by atoms with Crippen molar-refractivity contribution < 1.29 is 14.3 Å². The summed E-state index contributed by atoms with van der Waals surface area (Å²) in [5, 5.41) is 9.36. The number of fused-ring (bicyclic) bond motifs is 1. The van der Waals surface area contributed by atoms with E-state index >= 15 is 0 Å². The van der Waals surface area contributed by atoms with E-state index in [4.69, 9.17) is 9.47 Å². The Morgan fingerprint density at radius 1 is 1.14 bits per heavy atom. The van der Waals surface area contributed by atoms with Crippen molar-refractivity contribution in [1.29, 1.82) is 0 Å². The van der Waals surface area contributed by atoms with Gasteiger partial charge in [-0.25, -0.2) is 0 Å². The number of amides is 1. The molecule has 0 radical (unpaired) electrons. The van der Waals surface area contributed by atoms with Gasteiger partial charge in [-0.1, -0.05) is 17.8 Å². The summed E-state index contributed by atoms with van der Waals surface area (Å²) in [6.45, 7) is 4.13. The van der Waals surface area contributed by atoms with Crippen molar-refractivity contribution in [3.05, 3.63) is 29.6 Å². The lowest BCUT2D eigenvalue weighted by Crippen LogP contribution is -2.32. The average molecular weight is 415 g/mol. The van der Waals surface area contributed by atoms with Crippen LogP contribution in [0.4, 0.5) is 0 Å². The molecule has 2 aromatic rings. The molecule has 0 spiro atoms. The van der Waals surface area contributed by atoms with Crippen LogP contribution in [-0.4, -0.2) is 51.1 Å². The number of rotatable bonds is 5. The minimum absolute atomic E-state index is 0.100. The summed E-state index contributed by atoms with van der Waals surface area (Å²) in [6, 6.07) is 6.72. The Balaban J connectivity index is 1.28. The van der Waals surface area contributed by atoms with E-state index in [1.807, 2.05) is 17.9 Å². The SMILES string of the molecule is Cc1nnc(SCC(=O)N2CCC[C@@H]2c2ccc3c(c2)OCCCO3)n1C1CC1. The number of hydrogen-bond donors (Lipinski definition) is 0. The Morgan fingerprint density at radius 3 is 2.79 bits per heavy atom. The fourth-order valence-corrected chi connectivity index (χ4v) is 5.15. The topological polar surface area (TPSA) is 69.5 Å². The molecule has 0 unspecified atom stereocenters. The van der Waals surface area contributed by atoms with Crippen LogP contribution >= 0.6 is 11.8 Å². The third-order valence-electron chi connectivity index (χ3n) is 5.80. The second-order valence-corrected chi connectivity index (χ2v) is 8.86. The standard InChI is InChI=1S/C21H26N4O3S/c1-14-22-23-21(25(14)16-6-7-16)29-13-20(26)24-9-2-4-17(24)15-5-8-18-19(12-15)28-11-3-10-27-18/h5,8,12,16-17H,2-4,6-7,9-11,13H2,1H3/t17-/m1/s1. The highest BCUT2D eigenvalue weighted by Crippen LogP contribution is 2.40. The van der Waals surface area contributed by atoms with Gasteiger partial charge in [0.25, 0.3) is 0 Å². The Bertz CT molecular complexity index is 911. The van der Waals surface area contributed by atoms with E-state index in [9.17, 15) is 4.79 Å². The van der Waals surface area contributed by atoms with Gasteiger partial charge in [0, 0.05) is 19.0 Å². The summed E-state index contributed by atoms with van der Waals surface area (Å²) in [6.07, 6.45) is 5.25. The van der Waals surface area contributed by atoms with Gasteiger partial charge in [0.15, 0.2) is 16.7 Å². The minimum Gasteiger partial charge on any atom is -0.490 e. The molecular formula is C21H26N4O3S. The van der Waals surface area contributed by atoms with E-state index in [2.05, 4.69) is 26.9 Å². The van der Waals surface area contributed by atoms with Gasteiger partial charge in [0.05, 0.1) is 25.0 Å². The third kappa shape index (κ3) is 3.82. The summed E-state index contributed by atoms with van der Waals surface area (Å²) < 4.78 is 13.8. The summed E-state index contributed by atoms with van der Waals surface area (Å²) >= 11 is 1.51. The number of nitrogens with zero attached hydrogens (tertiary/aromatic N) is 4. The highest BCUT2D eigenvalue weighted by molar-refractivity contribution is 7.99. The zero-order valence-corrected chi connectivity index (χ0v) is 17.5. The van der Waals surface area contributed by atoms with Crippen LogP contribution in [0, 0.1) is 6.92 Å². The van der Waals surface area contributed by atoms with E-state index in [0.29, 0.717) is 25.0 Å². The molecule has 8 heteroatoms. The lowest BCUT2D eigenvalue weighted by atomic mass is 10.0. The first-order valence-corrected chi connectivity index (χ1v) is 11.4. The molecule has 1 aromatic heterocycles. The van der Waals surface area contributed by atoms with Crippen LogP contribution in [0.15, 0.2) is 23.4 Å². The van der Waals surface area contributed by atoms with Crippen molar-refractivity contribution >= 4 is 17.7 Å². The molecule has 154 valence electrons. The van der Waals surface area contributed by atoms with Gasteiger partial charge in [0.1, 0.15) is 5.82 Å². The smallest absolute Gasteiger partial charge is 0.233 e. The summed E-state index contributed by atoms with van der Waals surface area (Å²) in [5.74, 6) is 3.08. The fraction of sp³-hybridized carbons (Fsp3) is 0.571. The van der Waals surface area contributed by atoms with Crippen molar-refractivity contribution in [2.24, 2.45) is 0 Å². The third-order valence-corrected chi connectivity index (χ3v) is 6.73. The van der Waals surface area contributed by atoms with Crippen molar-refractivity contribution in [1.82, 2.24) is 19.7 Å². The molecule has 1 saturated carbocycles. The summed E-state index contributed by atoms with van der Waals surface area (Å²) in [7, 11) is 0. The Morgan fingerprint density at radius 2 is 1.97 bits per heavy atom. The lowest BCUT2D eigenvalue weighted by molar-refractivity contribution is -0.129. The molecule has 29 heavy (non-hydrogen) atoms. The number of ether oxygens (including phenoxy) is 2. The van der Waals surface area contributed by atoms with Gasteiger partial charge in [-0.15, -0.1) is 10.2 Å². The lowest BCUT2D eigenvalue weighted by Gasteiger charge is -2.25. The fourth-order valence-electron chi connectivity index (χ4n) is 4.21. The zero-order chi connectivity index (χ0) is 19.8. The number of aryl methyl sites for hydroxylation is 1. The maximum Gasteiger partial charge on any atom is 0.233 e. The van der Waals surface area contributed by atoms with E-state index in [0.717, 1.165) is 53.9 Å². The van der Waals surface area contributed by atoms with Crippen molar-refractivity contribution in [3.8, 4) is 11.5 Å². The van der Waals surface area contributed by atoms with Gasteiger partial charge >= 0.3 is 0 Å². The molecule has 3 aliphatic rings. The predicted octanol–water partition coefficient (Wildman–Crippen LogP) is 3.54. The van der Waals surface area contributed by atoms with Crippen LogP contribution in [0.3, 0.4) is 0 Å². The summed E-state index contributed by atoms with van der Waals surface area (Å²) in [5.41, 5.74) is 1.13. The van der Waals surface area contributed by atoms with Crippen molar-refractivity contribution in [2.75, 3.05) is 25.5 Å². The summed E-state index contributed by atoms with van der Waals surface area (Å²) in [4.78, 5) is 15.1. The van der Waals surface area contributed by atoms with Crippen LogP contribution < -0.4 is 9.47 Å². The molecule has 2 fully saturated rings. The molecular weight excluding hydrogens is 388 g/mol. The number of thioether (sulfide) groups is 1. The second kappa shape index (κ2) is 7.89. The molecule has 1 aromatic carbocycles. The highest BCUT2D eigenvalue weighted by Gasteiger charge is 2.32. The Kier molecular flexibility index (Phi) is 5.11. The molecule has 1 aliphatic carbocycles. The van der Waals surface area contributed by atoms with E-state index < -0.39 is 0 Å². The molecule has 3 heterocycles. The van der Waals surface area contributed by atoms with Crippen LogP contribution in [0.5, 0.6) is 11.5 Å². The molecule has 0 N–H and O–H groups in total. The first kappa shape index (κ1) is 18.8. The molecule has 0 bridgehead atoms. The zero-order valence-electron chi connectivity index (χ0n) is 16.7. The first-order valence-electron chi connectivity index (χ1n) is 10.4. The maximum atomic E-state index is 13.0. The van der Waals surface area contributed by atoms with E-state index in [1.165, 1.54) is 24.6 Å². The monoisotopic (exact) mass is 414 g/mol. The largest absolute Gasteiger partial charge is 0.490 e. The molecule has 1 amide bonds. The van der Waals surface area contributed by atoms with Gasteiger partial charge in [-0.3, -0.25) is 4.79 Å². The Hall–Kier alpha value is -2.22. The maximum absolute atomic E-state index is 13.0. The molecule has 2 aliphatic heterocycles. The van der Waals surface area contributed by atoms with Gasteiger partial charge in [-0.2, -0.15) is 0 Å². The van der Waals surface area contributed by atoms with Crippen LogP contribution in [0.25, 0.3) is 0 Å². The molecule has 1 saturated heterocycles. The van der Waals surface area contributed by atoms with E-state index in [1.54, 1.807) is 0 Å². The number of carbonyl (C=O) groups excluding carboxylic acids is 1. The molecule has 7 nitrogen and oxygen atoms in total. The molecule has 1 atom stereocenters. The minimum atomic E-state index is 0.100. The van der Waals surface area contributed by atoms with Crippen LogP contribution in [0.2, 0.25) is 0 Å². The quantitative estimate of drug-likeness (QED) is 0.697. The van der Waals surface area contributed by atoms with Crippen molar-refractivity contribution in [2.45, 2.75) is 56.3 Å². The van der Waals surface area contributed by atoms with Crippen LogP contribution in [-0.2, 0) is 4.79 Å².